The Balaban J connectivity index is 2.48. The molecule has 0 aliphatic heterocycles. The van der Waals surface area contributed by atoms with Crippen molar-refractivity contribution in [1.82, 2.24) is 4.98 Å². The van der Waals surface area contributed by atoms with Crippen molar-refractivity contribution in [2.45, 2.75) is 13.8 Å². The van der Waals surface area contributed by atoms with Gasteiger partial charge in [0.05, 0.1) is 18.5 Å². The number of anilines is 1. The fourth-order valence-corrected chi connectivity index (χ4v) is 4.46. The molecule has 0 aliphatic carbocycles. The Kier molecular flexibility index (Phi) is 3.91. The Bertz CT molecular complexity index is 927. The summed E-state index contributed by atoms with van der Waals surface area (Å²) in [5.41, 5.74) is 8.44. The molecule has 0 unspecified atom stereocenters. The zero-order valence-corrected chi connectivity index (χ0v) is 14.4. The second-order valence-electron chi connectivity index (χ2n) is 5.00. The minimum absolute atomic E-state index is 0.0782. The number of fused-ring (bicyclic) bond motifs is 1. The fourth-order valence-electron chi connectivity index (χ4n) is 2.61. The van der Waals surface area contributed by atoms with Crippen molar-refractivity contribution in [3.05, 3.63) is 33.6 Å². The van der Waals surface area contributed by atoms with Gasteiger partial charge in [-0.2, -0.15) is 0 Å². The molecule has 0 amide bonds. The monoisotopic (exact) mass is 346 g/mol. The Morgan fingerprint density at radius 1 is 1.35 bits per heavy atom. The predicted octanol–water partition coefficient (Wildman–Crippen LogP) is 3.90. The van der Waals surface area contributed by atoms with Gasteiger partial charge in [0.15, 0.2) is 5.78 Å². The van der Waals surface area contributed by atoms with E-state index < -0.39 is 5.97 Å². The minimum atomic E-state index is -0.496. The number of aromatic nitrogens is 1. The number of nitrogens with zero attached hydrogens (tertiary/aromatic N) is 1. The topological polar surface area (TPSA) is 82.3 Å². The maximum absolute atomic E-state index is 12.2. The van der Waals surface area contributed by atoms with Crippen LogP contribution in [-0.4, -0.2) is 23.8 Å². The number of pyridine rings is 1. The summed E-state index contributed by atoms with van der Waals surface area (Å²) in [5, 5.41) is 2.58. The van der Waals surface area contributed by atoms with Crippen LogP contribution in [0.2, 0.25) is 0 Å². The van der Waals surface area contributed by atoms with Gasteiger partial charge in [0, 0.05) is 21.4 Å². The highest BCUT2D eigenvalue weighted by Gasteiger charge is 2.25. The van der Waals surface area contributed by atoms with E-state index in [1.807, 2.05) is 17.5 Å². The summed E-state index contributed by atoms with van der Waals surface area (Å²) in [6, 6.07) is 3.84. The molecule has 118 valence electrons. The van der Waals surface area contributed by atoms with Crippen LogP contribution in [0.3, 0.4) is 0 Å². The first kappa shape index (κ1) is 15.6. The number of nitrogens with two attached hydrogens (primary N) is 1. The number of hydrogen-bond donors (Lipinski definition) is 1. The molecular formula is C16H14N2O3S2. The van der Waals surface area contributed by atoms with Gasteiger partial charge in [-0.1, -0.05) is 6.07 Å². The van der Waals surface area contributed by atoms with Crippen LogP contribution >= 0.6 is 22.7 Å². The van der Waals surface area contributed by atoms with Crippen molar-refractivity contribution < 1.29 is 14.3 Å². The number of methoxy groups -OCH3 is 1. The third-order valence-electron chi connectivity index (χ3n) is 3.55. The van der Waals surface area contributed by atoms with E-state index in [1.165, 1.54) is 36.7 Å². The quantitative estimate of drug-likeness (QED) is 0.574. The average Bonchev–Trinajstić information content (AvgIpc) is 3.13. The molecule has 3 rings (SSSR count). The predicted molar refractivity (Wildman–Crippen MR) is 93.4 cm³/mol. The Hall–Kier alpha value is -2.25. The molecule has 3 heterocycles. The van der Waals surface area contributed by atoms with Crippen LogP contribution in [0.15, 0.2) is 17.5 Å². The van der Waals surface area contributed by atoms with Crippen molar-refractivity contribution in [1.29, 1.82) is 0 Å². The number of ether oxygens (including phenoxy) is 1. The summed E-state index contributed by atoms with van der Waals surface area (Å²) < 4.78 is 4.78. The molecule has 3 aromatic rings. The van der Waals surface area contributed by atoms with E-state index >= 15 is 0 Å². The summed E-state index contributed by atoms with van der Waals surface area (Å²) in [5.74, 6) is -0.574. The van der Waals surface area contributed by atoms with Crippen LogP contribution in [0.5, 0.6) is 0 Å². The van der Waals surface area contributed by atoms with E-state index in [9.17, 15) is 9.59 Å². The first-order chi connectivity index (χ1) is 11.0. The van der Waals surface area contributed by atoms with E-state index in [2.05, 4.69) is 4.98 Å². The number of nitrogen functional groups attached to an aromatic ring is 1. The molecule has 0 saturated carbocycles. The van der Waals surface area contributed by atoms with E-state index in [-0.39, 0.29) is 5.78 Å². The van der Waals surface area contributed by atoms with Gasteiger partial charge in [0.2, 0.25) is 0 Å². The first-order valence-electron chi connectivity index (χ1n) is 6.81. The van der Waals surface area contributed by atoms with Gasteiger partial charge in [-0.25, -0.2) is 9.78 Å². The SMILES string of the molecule is COC(=O)c1sc2nc(C)c(C(C)=O)c(-c3cccs3)c2c1N. The van der Waals surface area contributed by atoms with Crippen molar-refractivity contribution in [2.24, 2.45) is 0 Å². The van der Waals surface area contributed by atoms with Crippen LogP contribution in [0.25, 0.3) is 20.7 Å². The summed E-state index contributed by atoms with van der Waals surface area (Å²) in [7, 11) is 1.31. The van der Waals surface area contributed by atoms with Crippen molar-refractivity contribution in [3.63, 3.8) is 0 Å². The first-order valence-corrected chi connectivity index (χ1v) is 8.51. The number of ketones is 1. The number of Topliss-reactive ketones (excluding diaryl/α,β-unsaturated/α-hetero) is 1. The third-order valence-corrected chi connectivity index (χ3v) is 5.51. The lowest BCUT2D eigenvalue weighted by Gasteiger charge is -2.10. The molecule has 0 radical (unpaired) electrons. The Labute approximate surface area is 140 Å². The van der Waals surface area contributed by atoms with Gasteiger partial charge in [-0.15, -0.1) is 22.7 Å². The second kappa shape index (κ2) is 5.75. The zero-order chi connectivity index (χ0) is 16.7. The van der Waals surface area contributed by atoms with Gasteiger partial charge >= 0.3 is 5.97 Å². The molecule has 0 fully saturated rings. The van der Waals surface area contributed by atoms with Crippen LogP contribution in [0.1, 0.15) is 32.6 Å². The van der Waals surface area contributed by atoms with Gasteiger partial charge in [0.25, 0.3) is 0 Å². The maximum Gasteiger partial charge on any atom is 0.350 e. The highest BCUT2D eigenvalue weighted by Crippen LogP contribution is 2.43. The minimum Gasteiger partial charge on any atom is -0.465 e. The van der Waals surface area contributed by atoms with Gasteiger partial charge in [-0.05, 0) is 25.3 Å². The summed E-state index contributed by atoms with van der Waals surface area (Å²) in [6.45, 7) is 3.30. The van der Waals surface area contributed by atoms with Crippen molar-refractivity contribution in [3.8, 4) is 10.4 Å². The second-order valence-corrected chi connectivity index (χ2v) is 6.94. The molecule has 0 aromatic carbocycles. The average molecular weight is 346 g/mol. The number of aryl methyl sites for hydroxylation is 1. The molecule has 23 heavy (non-hydrogen) atoms. The maximum atomic E-state index is 12.2. The van der Waals surface area contributed by atoms with Gasteiger partial charge in [0.1, 0.15) is 9.71 Å². The summed E-state index contributed by atoms with van der Waals surface area (Å²) in [4.78, 5) is 30.4. The summed E-state index contributed by atoms with van der Waals surface area (Å²) in [6.07, 6.45) is 0. The van der Waals surface area contributed by atoms with Crippen LogP contribution in [-0.2, 0) is 4.74 Å². The van der Waals surface area contributed by atoms with Crippen molar-refractivity contribution >= 4 is 50.3 Å². The standard InChI is InChI=1S/C16H14N2O3S2/c1-7-10(8(2)19)11(9-5-4-6-22-9)12-13(17)14(16(20)21-3)23-15(12)18-7/h4-6H,17H2,1-3H3. The third kappa shape index (κ3) is 2.42. The molecule has 7 heteroatoms. The van der Waals surface area contributed by atoms with E-state index in [4.69, 9.17) is 10.5 Å². The number of carbonyl (C=O) groups is 2. The highest BCUT2D eigenvalue weighted by molar-refractivity contribution is 7.21. The molecule has 2 N–H and O–H groups in total. The molecule has 0 bridgehead atoms. The lowest BCUT2D eigenvalue weighted by molar-refractivity contribution is 0.0607. The normalized spacial score (nSPS) is 10.9. The largest absolute Gasteiger partial charge is 0.465 e. The van der Waals surface area contributed by atoms with Gasteiger partial charge < -0.3 is 10.5 Å². The number of rotatable bonds is 3. The molecule has 0 atom stereocenters. The van der Waals surface area contributed by atoms with E-state index in [0.29, 0.717) is 32.0 Å². The summed E-state index contributed by atoms with van der Waals surface area (Å²) >= 11 is 2.70. The number of thiophene rings is 2. The van der Waals surface area contributed by atoms with E-state index in [1.54, 1.807) is 6.92 Å². The molecular weight excluding hydrogens is 332 g/mol. The van der Waals surface area contributed by atoms with E-state index in [0.717, 1.165) is 10.4 Å². The highest BCUT2D eigenvalue weighted by atomic mass is 32.1. The lowest BCUT2D eigenvalue weighted by Crippen LogP contribution is -2.04. The molecule has 0 saturated heterocycles. The Morgan fingerprint density at radius 3 is 2.65 bits per heavy atom. The van der Waals surface area contributed by atoms with Gasteiger partial charge in [-0.3, -0.25) is 4.79 Å². The smallest absolute Gasteiger partial charge is 0.350 e. The van der Waals surface area contributed by atoms with Crippen LogP contribution in [0.4, 0.5) is 5.69 Å². The fraction of sp³-hybridized carbons (Fsp3) is 0.188. The molecule has 5 nitrogen and oxygen atoms in total. The van der Waals surface area contributed by atoms with Crippen LogP contribution < -0.4 is 5.73 Å². The van der Waals surface area contributed by atoms with Crippen LogP contribution in [0, 0.1) is 6.92 Å². The number of hydrogen-bond acceptors (Lipinski definition) is 7. The zero-order valence-electron chi connectivity index (χ0n) is 12.8. The molecule has 0 aliphatic rings. The number of esters is 1. The lowest BCUT2D eigenvalue weighted by atomic mass is 9.98. The number of carbonyl (C=O) groups excluding carboxylic acids is 2. The Morgan fingerprint density at radius 2 is 2.09 bits per heavy atom. The molecule has 0 spiro atoms. The molecule has 3 aromatic heterocycles. The van der Waals surface area contributed by atoms with Crippen molar-refractivity contribution in [2.75, 3.05) is 12.8 Å².